The maximum atomic E-state index is 12.9. The van der Waals surface area contributed by atoms with Crippen LogP contribution in [-0.2, 0) is 4.79 Å². The van der Waals surface area contributed by atoms with Gasteiger partial charge < -0.3 is 4.90 Å². The van der Waals surface area contributed by atoms with Crippen molar-refractivity contribution in [3.8, 4) is 0 Å². The number of hydrogen-bond acceptors (Lipinski definition) is 1. The molecule has 5 heteroatoms. The number of piperidine rings is 1. The lowest BCUT2D eigenvalue weighted by atomic mass is 10.1. The van der Waals surface area contributed by atoms with Gasteiger partial charge in [0.2, 0.25) is 5.91 Å². The van der Waals surface area contributed by atoms with Crippen LogP contribution in [0.1, 0.15) is 12.8 Å². The second-order valence-corrected chi connectivity index (χ2v) is 5.66. The number of benzene rings is 1. The van der Waals surface area contributed by atoms with Crippen LogP contribution < -0.4 is 4.90 Å². The molecule has 0 bridgehead atoms. The van der Waals surface area contributed by atoms with Gasteiger partial charge in [0.25, 0.3) is 0 Å². The summed E-state index contributed by atoms with van der Waals surface area (Å²) in [6.45, 7) is 0.686. The molecule has 1 heterocycles. The van der Waals surface area contributed by atoms with Gasteiger partial charge in [0.1, 0.15) is 5.82 Å². The molecule has 1 aliphatic heterocycles. The van der Waals surface area contributed by atoms with Crippen molar-refractivity contribution < 1.29 is 9.18 Å². The van der Waals surface area contributed by atoms with Crippen LogP contribution in [0.2, 0.25) is 0 Å². The standard InChI is InChI=1S/C11H10Br2FNO/c12-8-2-1-5-15(11(8)16)10-4-3-7(14)6-9(10)13/h3-4,6,8H,1-2,5H2. The molecule has 1 aromatic carbocycles. The minimum atomic E-state index is -0.310. The van der Waals surface area contributed by atoms with Crippen LogP contribution >= 0.6 is 31.9 Å². The summed E-state index contributed by atoms with van der Waals surface area (Å²) in [6.07, 6.45) is 1.81. The van der Waals surface area contributed by atoms with Gasteiger partial charge >= 0.3 is 0 Å². The van der Waals surface area contributed by atoms with E-state index >= 15 is 0 Å². The van der Waals surface area contributed by atoms with Crippen molar-refractivity contribution in [3.63, 3.8) is 0 Å². The van der Waals surface area contributed by atoms with Gasteiger partial charge in [-0.05, 0) is 47.0 Å². The smallest absolute Gasteiger partial charge is 0.240 e. The number of rotatable bonds is 1. The van der Waals surface area contributed by atoms with E-state index in [1.807, 2.05) is 0 Å². The van der Waals surface area contributed by atoms with Crippen LogP contribution in [0.4, 0.5) is 10.1 Å². The Morgan fingerprint density at radius 2 is 2.19 bits per heavy atom. The van der Waals surface area contributed by atoms with E-state index in [1.165, 1.54) is 12.1 Å². The van der Waals surface area contributed by atoms with Crippen LogP contribution in [0.25, 0.3) is 0 Å². The van der Waals surface area contributed by atoms with Crippen LogP contribution in [0.5, 0.6) is 0 Å². The SMILES string of the molecule is O=C1C(Br)CCCN1c1ccc(F)cc1Br. The maximum Gasteiger partial charge on any atom is 0.240 e. The highest BCUT2D eigenvalue weighted by Crippen LogP contribution is 2.31. The molecule has 0 aliphatic carbocycles. The van der Waals surface area contributed by atoms with Crippen molar-refractivity contribution >= 4 is 43.5 Å². The summed E-state index contributed by atoms with van der Waals surface area (Å²) < 4.78 is 13.6. The van der Waals surface area contributed by atoms with Crippen molar-refractivity contribution in [2.45, 2.75) is 17.7 Å². The van der Waals surface area contributed by atoms with E-state index in [-0.39, 0.29) is 16.6 Å². The summed E-state index contributed by atoms with van der Waals surface area (Å²) in [5, 5.41) is 0. The predicted octanol–water partition coefficient (Wildman–Crippen LogP) is 3.48. The minimum absolute atomic E-state index is 0.0403. The number of anilines is 1. The Hall–Kier alpha value is -0.420. The van der Waals surface area contributed by atoms with Gasteiger partial charge in [0.05, 0.1) is 10.5 Å². The summed E-state index contributed by atoms with van der Waals surface area (Å²) in [6, 6.07) is 4.37. The van der Waals surface area contributed by atoms with E-state index in [2.05, 4.69) is 31.9 Å². The average Bonchev–Trinajstić information content (AvgIpc) is 2.23. The van der Waals surface area contributed by atoms with Crippen LogP contribution in [0, 0.1) is 5.82 Å². The number of carbonyl (C=O) groups is 1. The maximum absolute atomic E-state index is 12.9. The van der Waals surface area contributed by atoms with Gasteiger partial charge in [0, 0.05) is 11.0 Å². The summed E-state index contributed by atoms with van der Waals surface area (Å²) >= 11 is 6.63. The van der Waals surface area contributed by atoms with E-state index in [0.717, 1.165) is 18.5 Å². The molecule has 1 saturated heterocycles. The van der Waals surface area contributed by atoms with Crippen molar-refractivity contribution in [1.82, 2.24) is 0 Å². The molecule has 1 fully saturated rings. The van der Waals surface area contributed by atoms with Gasteiger partial charge in [0.15, 0.2) is 0 Å². The quantitative estimate of drug-likeness (QED) is 0.710. The molecule has 0 saturated carbocycles. The van der Waals surface area contributed by atoms with E-state index in [0.29, 0.717) is 11.0 Å². The highest BCUT2D eigenvalue weighted by Gasteiger charge is 2.28. The number of nitrogens with zero attached hydrogens (tertiary/aromatic N) is 1. The first-order chi connectivity index (χ1) is 7.59. The Morgan fingerprint density at radius 3 is 2.88 bits per heavy atom. The topological polar surface area (TPSA) is 20.3 Å². The molecule has 2 rings (SSSR count). The monoisotopic (exact) mass is 349 g/mol. The summed E-state index contributed by atoms with van der Waals surface area (Å²) in [5.74, 6) is -0.269. The molecule has 1 amide bonds. The van der Waals surface area contributed by atoms with E-state index < -0.39 is 0 Å². The molecule has 1 aliphatic rings. The number of alkyl halides is 1. The third kappa shape index (κ3) is 2.30. The van der Waals surface area contributed by atoms with Crippen LogP contribution in [0.3, 0.4) is 0 Å². The highest BCUT2D eigenvalue weighted by molar-refractivity contribution is 9.10. The zero-order chi connectivity index (χ0) is 11.7. The van der Waals surface area contributed by atoms with Crippen molar-refractivity contribution in [2.24, 2.45) is 0 Å². The Labute approximate surface area is 110 Å². The molecule has 16 heavy (non-hydrogen) atoms. The molecule has 0 radical (unpaired) electrons. The lowest BCUT2D eigenvalue weighted by Gasteiger charge is -2.30. The third-order valence-electron chi connectivity index (χ3n) is 2.57. The fraction of sp³-hybridized carbons (Fsp3) is 0.364. The Bertz CT molecular complexity index is 424. The van der Waals surface area contributed by atoms with Gasteiger partial charge in [-0.1, -0.05) is 15.9 Å². The molecule has 1 aromatic rings. The molecule has 0 N–H and O–H groups in total. The van der Waals surface area contributed by atoms with Gasteiger partial charge in [-0.25, -0.2) is 4.39 Å². The number of carbonyl (C=O) groups excluding carboxylic acids is 1. The van der Waals surface area contributed by atoms with E-state index in [4.69, 9.17) is 0 Å². The first-order valence-corrected chi connectivity index (χ1v) is 6.71. The largest absolute Gasteiger partial charge is 0.310 e. The zero-order valence-corrected chi connectivity index (χ0v) is 11.6. The third-order valence-corrected chi connectivity index (χ3v) is 4.06. The number of hydrogen-bond donors (Lipinski definition) is 0. The molecule has 1 atom stereocenters. The molecule has 86 valence electrons. The first kappa shape index (κ1) is 12.0. The molecule has 0 aromatic heterocycles. The van der Waals surface area contributed by atoms with Gasteiger partial charge in [-0.2, -0.15) is 0 Å². The van der Waals surface area contributed by atoms with Crippen molar-refractivity contribution in [2.75, 3.05) is 11.4 Å². The molecule has 0 spiro atoms. The minimum Gasteiger partial charge on any atom is -0.310 e. The lowest BCUT2D eigenvalue weighted by Crippen LogP contribution is -2.41. The molecular weight excluding hydrogens is 341 g/mol. The fourth-order valence-corrected chi connectivity index (χ4v) is 2.91. The van der Waals surface area contributed by atoms with Crippen molar-refractivity contribution in [1.29, 1.82) is 0 Å². The molecule has 1 unspecified atom stereocenters. The van der Waals surface area contributed by atoms with Crippen LogP contribution in [-0.4, -0.2) is 17.3 Å². The summed E-state index contributed by atoms with van der Waals surface area (Å²) in [5.41, 5.74) is 0.732. The van der Waals surface area contributed by atoms with E-state index in [1.54, 1.807) is 11.0 Å². The second kappa shape index (κ2) is 4.84. The molecule has 2 nitrogen and oxygen atoms in total. The summed E-state index contributed by atoms with van der Waals surface area (Å²) in [7, 11) is 0. The van der Waals surface area contributed by atoms with Gasteiger partial charge in [-0.3, -0.25) is 4.79 Å². The first-order valence-electron chi connectivity index (χ1n) is 5.00. The Morgan fingerprint density at radius 1 is 1.44 bits per heavy atom. The van der Waals surface area contributed by atoms with Crippen molar-refractivity contribution in [3.05, 3.63) is 28.5 Å². The Balaban J connectivity index is 2.32. The average molecular weight is 351 g/mol. The molecular formula is C11H10Br2FNO. The predicted molar refractivity (Wildman–Crippen MR) is 68.4 cm³/mol. The zero-order valence-electron chi connectivity index (χ0n) is 8.42. The highest BCUT2D eigenvalue weighted by atomic mass is 79.9. The van der Waals surface area contributed by atoms with Crippen LogP contribution in [0.15, 0.2) is 22.7 Å². The summed E-state index contributed by atoms with van der Waals surface area (Å²) in [4.78, 5) is 13.5. The fourth-order valence-electron chi connectivity index (χ4n) is 1.77. The second-order valence-electron chi connectivity index (χ2n) is 3.70. The normalized spacial score (nSPS) is 21.3. The lowest BCUT2D eigenvalue weighted by molar-refractivity contribution is -0.118. The number of amides is 1. The van der Waals surface area contributed by atoms with Gasteiger partial charge in [-0.15, -0.1) is 0 Å². The number of halogens is 3. The Kier molecular flexibility index (Phi) is 3.64. The van der Waals surface area contributed by atoms with E-state index in [9.17, 15) is 9.18 Å².